The molecule has 5 rings (SSSR count). The van der Waals surface area contributed by atoms with E-state index in [1.807, 2.05) is 73.1 Å². The van der Waals surface area contributed by atoms with Gasteiger partial charge in [-0.1, -0.05) is 68.8 Å². The summed E-state index contributed by atoms with van der Waals surface area (Å²) in [6, 6.07) is 31.1. The van der Waals surface area contributed by atoms with Gasteiger partial charge in [-0.2, -0.15) is 0 Å². The lowest BCUT2D eigenvalue weighted by atomic mass is 10.1. The highest BCUT2D eigenvalue weighted by atomic mass is 16.5. The zero-order valence-electron chi connectivity index (χ0n) is 26.7. The van der Waals surface area contributed by atoms with Gasteiger partial charge in [0.05, 0.1) is 26.0 Å². The third-order valence-electron chi connectivity index (χ3n) is 7.55. The Morgan fingerprint density at radius 1 is 0.696 bits per heavy atom. The number of rotatable bonds is 16. The molecule has 238 valence electrons. The molecule has 1 heterocycles. The van der Waals surface area contributed by atoms with Crippen molar-refractivity contribution in [3.05, 3.63) is 132 Å². The lowest BCUT2D eigenvalue weighted by molar-refractivity contribution is 0.0598. The number of benzene rings is 4. The maximum atomic E-state index is 12.3. The summed E-state index contributed by atoms with van der Waals surface area (Å²) in [5.41, 5.74) is 4.52. The van der Waals surface area contributed by atoms with Crippen LogP contribution in [0.1, 0.15) is 53.7 Å². The molecule has 0 atom stereocenters. The van der Waals surface area contributed by atoms with Gasteiger partial charge in [-0.25, -0.2) is 4.79 Å². The summed E-state index contributed by atoms with van der Waals surface area (Å²) in [5, 5.41) is 0. The molecule has 1 aromatic heterocycles. The van der Waals surface area contributed by atoms with Crippen molar-refractivity contribution in [3.63, 3.8) is 0 Å². The summed E-state index contributed by atoms with van der Waals surface area (Å²) in [5.74, 6) is 2.99. The molecule has 0 fully saturated rings. The van der Waals surface area contributed by atoms with Gasteiger partial charge in [0.1, 0.15) is 40.9 Å². The molecule has 0 spiro atoms. The van der Waals surface area contributed by atoms with Gasteiger partial charge in [-0.15, -0.1) is 0 Å². The summed E-state index contributed by atoms with van der Waals surface area (Å²) in [4.78, 5) is 12.3. The number of aromatic nitrogens is 1. The van der Waals surface area contributed by atoms with Crippen LogP contribution in [0.3, 0.4) is 0 Å². The Kier molecular flexibility index (Phi) is 11.4. The average molecular weight is 620 g/mol. The van der Waals surface area contributed by atoms with Crippen molar-refractivity contribution >= 4 is 5.97 Å². The number of hydrogen-bond donors (Lipinski definition) is 0. The number of carbonyl (C=O) groups is 1. The normalized spacial score (nSPS) is 10.8. The first-order chi connectivity index (χ1) is 22.6. The lowest BCUT2D eigenvalue weighted by Gasteiger charge is -2.19. The van der Waals surface area contributed by atoms with Gasteiger partial charge in [0.25, 0.3) is 0 Å². The molecule has 7 heteroatoms. The molecule has 0 aliphatic heterocycles. The molecule has 46 heavy (non-hydrogen) atoms. The second-order valence-electron chi connectivity index (χ2n) is 10.8. The van der Waals surface area contributed by atoms with E-state index in [4.69, 9.17) is 23.7 Å². The highest BCUT2D eigenvalue weighted by Crippen LogP contribution is 2.36. The molecule has 0 bridgehead atoms. The molecule has 0 saturated carbocycles. The molecule has 0 N–H and O–H groups in total. The molecule has 0 saturated heterocycles. The molecule has 5 aromatic rings. The molecule has 0 amide bonds. The molecule has 0 aliphatic rings. The molecule has 7 nitrogen and oxygen atoms in total. The maximum Gasteiger partial charge on any atom is 0.341 e. The number of aryl methyl sites for hydroxylation is 1. The summed E-state index contributed by atoms with van der Waals surface area (Å²) in [7, 11) is 1.36. The van der Waals surface area contributed by atoms with Gasteiger partial charge in [0.2, 0.25) is 0 Å². The number of carbonyl (C=O) groups excluding carboxylic acids is 1. The Hall–Kier alpha value is -5.17. The summed E-state index contributed by atoms with van der Waals surface area (Å²) in [6.07, 6.45) is 7.23. The van der Waals surface area contributed by atoms with Crippen LogP contribution in [-0.4, -0.2) is 30.9 Å². The molecule has 0 unspecified atom stereocenters. The van der Waals surface area contributed by atoms with Gasteiger partial charge in [0.15, 0.2) is 0 Å². The van der Waals surface area contributed by atoms with Crippen molar-refractivity contribution in [1.29, 1.82) is 0 Å². The third kappa shape index (κ3) is 8.10. The van der Waals surface area contributed by atoms with Crippen LogP contribution >= 0.6 is 0 Å². The number of methoxy groups -OCH3 is 1. The second kappa shape index (κ2) is 16.2. The van der Waals surface area contributed by atoms with Crippen LogP contribution in [0.4, 0.5) is 0 Å². The first kappa shape index (κ1) is 32.2. The van der Waals surface area contributed by atoms with Crippen LogP contribution in [0.5, 0.6) is 28.7 Å². The van der Waals surface area contributed by atoms with Gasteiger partial charge in [0, 0.05) is 30.4 Å². The Morgan fingerprint density at radius 2 is 1.39 bits per heavy atom. The van der Waals surface area contributed by atoms with Crippen LogP contribution in [0, 0.1) is 0 Å². The fourth-order valence-electron chi connectivity index (χ4n) is 5.20. The van der Waals surface area contributed by atoms with Crippen molar-refractivity contribution in [2.75, 3.05) is 20.3 Å². The number of ether oxygens (including phenoxy) is 5. The van der Waals surface area contributed by atoms with Crippen molar-refractivity contribution in [3.8, 4) is 34.4 Å². The van der Waals surface area contributed by atoms with Crippen LogP contribution in [0.15, 0.2) is 109 Å². The topological polar surface area (TPSA) is 68.2 Å². The van der Waals surface area contributed by atoms with E-state index in [0.29, 0.717) is 43.3 Å². The smallest absolute Gasteiger partial charge is 0.341 e. The molecule has 0 radical (unpaired) electrons. The van der Waals surface area contributed by atoms with E-state index in [2.05, 4.69) is 36.6 Å². The highest BCUT2D eigenvalue weighted by molar-refractivity contribution is 5.92. The van der Waals surface area contributed by atoms with E-state index >= 15 is 0 Å². The zero-order chi connectivity index (χ0) is 32.1. The minimum atomic E-state index is -0.444. The quantitative estimate of drug-likeness (QED) is 0.0811. The zero-order valence-corrected chi connectivity index (χ0v) is 26.7. The first-order valence-corrected chi connectivity index (χ1v) is 15.8. The lowest BCUT2D eigenvalue weighted by Crippen LogP contribution is -2.09. The number of hydrogen-bond acceptors (Lipinski definition) is 6. The Balaban J connectivity index is 1.25. The minimum Gasteiger partial charge on any atom is -0.493 e. The van der Waals surface area contributed by atoms with E-state index in [1.54, 1.807) is 18.2 Å². The fourth-order valence-corrected chi connectivity index (χ4v) is 5.20. The summed E-state index contributed by atoms with van der Waals surface area (Å²) in [6.45, 7) is 5.66. The predicted molar refractivity (Wildman–Crippen MR) is 180 cm³/mol. The van der Waals surface area contributed by atoms with Gasteiger partial charge in [-0.05, 0) is 66.4 Å². The maximum absolute atomic E-state index is 12.3. The van der Waals surface area contributed by atoms with Crippen molar-refractivity contribution in [2.24, 2.45) is 0 Å². The van der Waals surface area contributed by atoms with Crippen LogP contribution < -0.4 is 18.9 Å². The predicted octanol–water partition coefficient (Wildman–Crippen LogP) is 9.00. The van der Waals surface area contributed by atoms with Crippen molar-refractivity contribution < 1.29 is 28.5 Å². The van der Waals surface area contributed by atoms with Crippen LogP contribution in [0.25, 0.3) is 5.69 Å². The Morgan fingerprint density at radius 3 is 2.13 bits per heavy atom. The third-order valence-corrected chi connectivity index (χ3v) is 7.55. The Labute approximate surface area is 271 Å². The first-order valence-electron chi connectivity index (χ1n) is 15.8. The van der Waals surface area contributed by atoms with Gasteiger partial charge < -0.3 is 28.3 Å². The van der Waals surface area contributed by atoms with Crippen molar-refractivity contribution in [1.82, 2.24) is 4.57 Å². The summed E-state index contributed by atoms with van der Waals surface area (Å²) >= 11 is 0. The monoisotopic (exact) mass is 619 g/mol. The van der Waals surface area contributed by atoms with E-state index in [0.717, 1.165) is 58.9 Å². The van der Waals surface area contributed by atoms with E-state index in [-0.39, 0.29) is 0 Å². The van der Waals surface area contributed by atoms with Crippen molar-refractivity contribution in [2.45, 2.75) is 46.1 Å². The van der Waals surface area contributed by atoms with Crippen LogP contribution in [0.2, 0.25) is 0 Å². The Bertz CT molecular complexity index is 1700. The van der Waals surface area contributed by atoms with E-state index in [1.165, 1.54) is 7.11 Å². The minimum absolute atomic E-state index is 0.373. The number of esters is 1. The van der Waals surface area contributed by atoms with E-state index < -0.39 is 5.97 Å². The molecular formula is C39H41NO6. The largest absolute Gasteiger partial charge is 0.493 e. The number of nitrogens with zero attached hydrogens (tertiary/aromatic N) is 1. The number of para-hydroxylation sites is 1. The van der Waals surface area contributed by atoms with E-state index in [9.17, 15) is 4.79 Å². The standard InChI is InChI=1S/C39H41NO6/c1-4-15-31-34(20-13-21-35(31)46-36-19-10-9-18-32(36)39(41)42-3)43-24-14-25-44-37-27-38(45-28-29-16-7-6-8-17-29)33(26-30(37)5-2)40-22-11-12-23-40/h6-13,16-23,26-27H,4-5,14-15,24-25,28H2,1-3H3. The molecule has 4 aromatic carbocycles. The second-order valence-corrected chi connectivity index (χ2v) is 10.8. The summed E-state index contributed by atoms with van der Waals surface area (Å²) < 4.78 is 32.2. The van der Waals surface area contributed by atoms with Gasteiger partial charge >= 0.3 is 5.97 Å². The SMILES string of the molecule is CCCc1c(OCCCOc2cc(OCc3ccccc3)c(-n3cccc3)cc2CC)cccc1Oc1ccccc1C(=O)OC. The molecule has 0 aliphatic carbocycles. The average Bonchev–Trinajstić information content (AvgIpc) is 3.64. The van der Waals surface area contributed by atoms with Crippen LogP contribution in [-0.2, 0) is 24.2 Å². The van der Waals surface area contributed by atoms with Gasteiger partial charge in [-0.3, -0.25) is 0 Å². The fraction of sp³-hybridized carbons (Fsp3) is 0.256. The highest BCUT2D eigenvalue weighted by Gasteiger charge is 2.17. The molecular weight excluding hydrogens is 578 g/mol.